The summed E-state index contributed by atoms with van der Waals surface area (Å²) in [7, 11) is 0. The lowest BCUT2D eigenvalue weighted by Gasteiger charge is -2.35. The fourth-order valence-electron chi connectivity index (χ4n) is 3.11. The van der Waals surface area contributed by atoms with Crippen molar-refractivity contribution in [3.05, 3.63) is 57.5 Å². The molecule has 0 amide bonds. The van der Waals surface area contributed by atoms with Crippen LogP contribution in [-0.2, 0) is 13.0 Å². The maximum Gasteiger partial charge on any atom is 0.255 e. The summed E-state index contributed by atoms with van der Waals surface area (Å²) in [5.74, 6) is 0.638. The number of nitrogens with zero attached hydrogens (tertiary/aromatic N) is 3. The second kappa shape index (κ2) is 7.59. The molecular formula is C18H24N4O2. The number of benzene rings is 1. The molecule has 3 rings (SSSR count). The predicted molar refractivity (Wildman–Crippen MR) is 94.3 cm³/mol. The topological polar surface area (TPSA) is 72.5 Å². The zero-order chi connectivity index (χ0) is 16.9. The number of aromatic amines is 1. The van der Waals surface area contributed by atoms with Crippen LogP contribution in [0.5, 0.6) is 0 Å². The van der Waals surface area contributed by atoms with Gasteiger partial charge in [0.25, 0.3) is 5.56 Å². The number of piperazine rings is 1. The normalized spacial score (nSPS) is 15.7. The maximum absolute atomic E-state index is 12.2. The van der Waals surface area contributed by atoms with Gasteiger partial charge in [0.2, 0.25) is 5.95 Å². The smallest absolute Gasteiger partial charge is 0.255 e. The van der Waals surface area contributed by atoms with E-state index in [-0.39, 0.29) is 12.2 Å². The molecule has 6 nitrogen and oxygen atoms in total. The van der Waals surface area contributed by atoms with Gasteiger partial charge in [-0.25, -0.2) is 4.98 Å². The van der Waals surface area contributed by atoms with E-state index in [0.717, 1.165) is 32.7 Å². The molecule has 2 heterocycles. The highest BCUT2D eigenvalue weighted by atomic mass is 16.3. The number of hydrogen-bond acceptors (Lipinski definition) is 5. The number of anilines is 1. The van der Waals surface area contributed by atoms with E-state index in [0.29, 0.717) is 23.6 Å². The molecule has 0 aliphatic carbocycles. The van der Waals surface area contributed by atoms with E-state index in [1.807, 2.05) is 13.0 Å². The predicted octanol–water partition coefficient (Wildman–Crippen LogP) is 0.935. The number of aliphatic hydroxyl groups excluding tert-OH is 1. The minimum atomic E-state index is -0.140. The Morgan fingerprint density at radius 1 is 1.17 bits per heavy atom. The fraction of sp³-hybridized carbons (Fsp3) is 0.444. The quantitative estimate of drug-likeness (QED) is 0.854. The summed E-state index contributed by atoms with van der Waals surface area (Å²) in [6, 6.07) is 10.5. The molecule has 2 N–H and O–H groups in total. The Labute approximate surface area is 141 Å². The Balaban J connectivity index is 1.63. The van der Waals surface area contributed by atoms with Crippen molar-refractivity contribution >= 4 is 5.95 Å². The van der Waals surface area contributed by atoms with E-state index in [4.69, 9.17) is 5.11 Å². The van der Waals surface area contributed by atoms with Gasteiger partial charge in [0, 0.05) is 51.3 Å². The molecule has 0 unspecified atom stereocenters. The average Bonchev–Trinajstić information content (AvgIpc) is 2.59. The molecule has 1 saturated heterocycles. The van der Waals surface area contributed by atoms with Crippen LogP contribution >= 0.6 is 0 Å². The summed E-state index contributed by atoms with van der Waals surface area (Å²) < 4.78 is 0. The lowest BCUT2D eigenvalue weighted by Crippen LogP contribution is -2.47. The van der Waals surface area contributed by atoms with Crippen molar-refractivity contribution in [2.75, 3.05) is 37.7 Å². The molecule has 1 aliphatic heterocycles. The molecule has 6 heteroatoms. The zero-order valence-corrected chi connectivity index (χ0v) is 14.0. The number of nitrogens with one attached hydrogen (secondary N) is 1. The van der Waals surface area contributed by atoms with Crippen LogP contribution in [0.2, 0.25) is 0 Å². The van der Waals surface area contributed by atoms with Gasteiger partial charge < -0.3 is 10.0 Å². The van der Waals surface area contributed by atoms with Crippen molar-refractivity contribution in [2.45, 2.75) is 19.9 Å². The largest absolute Gasteiger partial charge is 0.396 e. The van der Waals surface area contributed by atoms with E-state index < -0.39 is 0 Å². The van der Waals surface area contributed by atoms with Gasteiger partial charge in [0.15, 0.2) is 0 Å². The molecular weight excluding hydrogens is 304 g/mol. The van der Waals surface area contributed by atoms with Gasteiger partial charge in [-0.15, -0.1) is 0 Å². The van der Waals surface area contributed by atoms with Crippen LogP contribution in [0.15, 0.2) is 35.1 Å². The third-order valence-electron chi connectivity index (χ3n) is 4.49. The summed E-state index contributed by atoms with van der Waals surface area (Å²) in [4.78, 5) is 24.1. The van der Waals surface area contributed by atoms with E-state index in [9.17, 15) is 4.79 Å². The van der Waals surface area contributed by atoms with Gasteiger partial charge in [0.05, 0.1) is 5.69 Å². The number of hydrogen-bond donors (Lipinski definition) is 2. The minimum Gasteiger partial charge on any atom is -0.396 e. The molecule has 128 valence electrons. The molecule has 0 saturated carbocycles. The number of rotatable bonds is 5. The second-order valence-corrected chi connectivity index (χ2v) is 6.18. The fourth-order valence-corrected chi connectivity index (χ4v) is 3.11. The number of H-pyrrole nitrogens is 1. The third kappa shape index (κ3) is 3.83. The van der Waals surface area contributed by atoms with Gasteiger partial charge in [-0.2, -0.15) is 0 Å². The van der Waals surface area contributed by atoms with Crippen molar-refractivity contribution in [3.63, 3.8) is 0 Å². The van der Waals surface area contributed by atoms with E-state index in [1.54, 1.807) is 0 Å². The van der Waals surface area contributed by atoms with Crippen LogP contribution in [0.3, 0.4) is 0 Å². The van der Waals surface area contributed by atoms with Crippen molar-refractivity contribution < 1.29 is 5.11 Å². The van der Waals surface area contributed by atoms with Crippen molar-refractivity contribution in [1.29, 1.82) is 0 Å². The molecule has 1 aromatic heterocycles. The van der Waals surface area contributed by atoms with E-state index in [1.165, 1.54) is 5.56 Å². The Hall–Kier alpha value is -2.18. The minimum absolute atomic E-state index is 0.0386. The van der Waals surface area contributed by atoms with E-state index in [2.05, 4.69) is 44.0 Å². The maximum atomic E-state index is 12.2. The summed E-state index contributed by atoms with van der Waals surface area (Å²) in [6.07, 6.45) is 0.347. The summed E-state index contributed by atoms with van der Waals surface area (Å²) in [6.45, 7) is 6.31. The zero-order valence-electron chi connectivity index (χ0n) is 14.0. The first-order chi connectivity index (χ1) is 11.7. The first-order valence-corrected chi connectivity index (χ1v) is 8.39. The van der Waals surface area contributed by atoms with Crippen molar-refractivity contribution in [2.24, 2.45) is 0 Å². The Kier molecular flexibility index (Phi) is 5.27. The molecule has 0 atom stereocenters. The van der Waals surface area contributed by atoms with Gasteiger partial charge in [0.1, 0.15) is 0 Å². The Morgan fingerprint density at radius 3 is 2.50 bits per heavy atom. The van der Waals surface area contributed by atoms with Crippen LogP contribution < -0.4 is 10.5 Å². The summed E-state index contributed by atoms with van der Waals surface area (Å²) in [5.41, 5.74) is 2.46. The van der Waals surface area contributed by atoms with Gasteiger partial charge in [-0.05, 0) is 12.5 Å². The average molecular weight is 328 g/mol. The summed E-state index contributed by atoms with van der Waals surface area (Å²) >= 11 is 0. The molecule has 1 fully saturated rings. The van der Waals surface area contributed by atoms with E-state index >= 15 is 0 Å². The SMILES string of the molecule is Cc1nc(N2CCN(Cc3ccccc3)CC2)[nH]c(=O)c1CCO. The number of aryl methyl sites for hydroxylation is 1. The lowest BCUT2D eigenvalue weighted by molar-refractivity contribution is 0.248. The Morgan fingerprint density at radius 2 is 1.88 bits per heavy atom. The first-order valence-electron chi connectivity index (χ1n) is 8.39. The Bertz CT molecular complexity index is 722. The molecule has 1 aliphatic rings. The van der Waals surface area contributed by atoms with Gasteiger partial charge in [-0.3, -0.25) is 14.7 Å². The number of aromatic nitrogens is 2. The summed E-state index contributed by atoms with van der Waals surface area (Å²) in [5, 5.41) is 9.04. The van der Waals surface area contributed by atoms with Crippen LogP contribution in [0.25, 0.3) is 0 Å². The molecule has 0 bridgehead atoms. The van der Waals surface area contributed by atoms with Crippen LogP contribution in [0.4, 0.5) is 5.95 Å². The highest BCUT2D eigenvalue weighted by molar-refractivity contribution is 5.34. The monoisotopic (exact) mass is 328 g/mol. The second-order valence-electron chi connectivity index (χ2n) is 6.18. The highest BCUT2D eigenvalue weighted by Gasteiger charge is 2.20. The van der Waals surface area contributed by atoms with Crippen LogP contribution in [0, 0.1) is 6.92 Å². The van der Waals surface area contributed by atoms with Crippen molar-refractivity contribution in [1.82, 2.24) is 14.9 Å². The molecule has 0 radical (unpaired) electrons. The number of aliphatic hydroxyl groups is 1. The molecule has 24 heavy (non-hydrogen) atoms. The van der Waals surface area contributed by atoms with Crippen LogP contribution in [-0.4, -0.2) is 52.8 Å². The first kappa shape index (κ1) is 16.7. The molecule has 1 aromatic carbocycles. The molecule has 0 spiro atoms. The van der Waals surface area contributed by atoms with Gasteiger partial charge >= 0.3 is 0 Å². The third-order valence-corrected chi connectivity index (χ3v) is 4.49. The standard InChI is InChI=1S/C18H24N4O2/c1-14-16(7-12-23)17(24)20-18(19-14)22-10-8-21(9-11-22)13-15-5-3-2-4-6-15/h2-6,23H,7-13H2,1H3,(H,19,20,24). The molecule has 2 aromatic rings. The lowest BCUT2D eigenvalue weighted by atomic mass is 10.2. The van der Waals surface area contributed by atoms with Gasteiger partial charge in [-0.1, -0.05) is 30.3 Å². The van der Waals surface area contributed by atoms with Crippen molar-refractivity contribution in [3.8, 4) is 0 Å². The highest BCUT2D eigenvalue weighted by Crippen LogP contribution is 2.13. The van der Waals surface area contributed by atoms with Crippen LogP contribution in [0.1, 0.15) is 16.8 Å².